The molecule has 0 bridgehead atoms. The topological polar surface area (TPSA) is 0 Å². The molecule has 1 aromatic rings. The van der Waals surface area contributed by atoms with Gasteiger partial charge in [-0.05, 0) is 20.3 Å². The van der Waals surface area contributed by atoms with E-state index >= 15 is 0 Å². The second-order valence-electron chi connectivity index (χ2n) is 2.85. The molecule has 14 heavy (non-hydrogen) atoms. The standard InChI is InChI=1S/C8H10.C4H8.C2H6/c1-7-3-5-8(2)6-4-7;1-3-4-2;1-2/h3-6H,1-2H3;3H,1,4H2,2H3;1-2H3. The summed E-state index contributed by atoms with van der Waals surface area (Å²) in [7, 11) is 0. The van der Waals surface area contributed by atoms with Crippen molar-refractivity contribution in [1.82, 2.24) is 0 Å². The molecule has 0 heteroatoms. The van der Waals surface area contributed by atoms with Gasteiger partial charge in [0, 0.05) is 0 Å². The van der Waals surface area contributed by atoms with Crippen LogP contribution >= 0.6 is 0 Å². The third kappa shape index (κ3) is 11.0. The lowest BCUT2D eigenvalue weighted by molar-refractivity contribution is 1.23. The summed E-state index contributed by atoms with van der Waals surface area (Å²) in [6, 6.07) is 8.48. The average molecular weight is 192 g/mol. The number of hydrogen-bond acceptors (Lipinski definition) is 0. The van der Waals surface area contributed by atoms with Crippen LogP contribution in [0.3, 0.4) is 0 Å². The van der Waals surface area contributed by atoms with Crippen LogP contribution in [0.5, 0.6) is 0 Å². The van der Waals surface area contributed by atoms with E-state index in [9.17, 15) is 0 Å². The zero-order chi connectivity index (χ0) is 11.4. The lowest BCUT2D eigenvalue weighted by Gasteiger charge is -1.90. The van der Waals surface area contributed by atoms with E-state index in [0.717, 1.165) is 6.42 Å². The number of hydrogen-bond donors (Lipinski definition) is 0. The average Bonchev–Trinajstić information content (AvgIpc) is 2.26. The number of aryl methyl sites for hydroxylation is 2. The van der Waals surface area contributed by atoms with Gasteiger partial charge in [0.25, 0.3) is 0 Å². The maximum Gasteiger partial charge on any atom is -0.0382 e. The van der Waals surface area contributed by atoms with Crippen molar-refractivity contribution >= 4 is 0 Å². The monoisotopic (exact) mass is 192 g/mol. The minimum absolute atomic E-state index is 1.08. The van der Waals surface area contributed by atoms with E-state index in [2.05, 4.69) is 51.6 Å². The molecule has 1 aromatic carbocycles. The van der Waals surface area contributed by atoms with Crippen LogP contribution < -0.4 is 0 Å². The molecular formula is C14H24. The first kappa shape index (κ1) is 15.4. The Kier molecular flexibility index (Phi) is 13.2. The van der Waals surface area contributed by atoms with Crippen molar-refractivity contribution in [2.75, 3.05) is 0 Å². The van der Waals surface area contributed by atoms with Gasteiger partial charge in [0.1, 0.15) is 0 Å². The summed E-state index contributed by atoms with van der Waals surface area (Å²) in [6.07, 6.45) is 2.96. The largest absolute Gasteiger partial charge is 0.103 e. The molecule has 0 aliphatic heterocycles. The first-order valence-corrected chi connectivity index (χ1v) is 5.34. The van der Waals surface area contributed by atoms with E-state index in [1.165, 1.54) is 11.1 Å². The zero-order valence-electron chi connectivity index (χ0n) is 10.3. The van der Waals surface area contributed by atoms with Gasteiger partial charge in [-0.25, -0.2) is 0 Å². The fourth-order valence-corrected chi connectivity index (χ4v) is 0.637. The van der Waals surface area contributed by atoms with Gasteiger partial charge in [0.05, 0.1) is 0 Å². The Labute approximate surface area is 89.7 Å². The fourth-order valence-electron chi connectivity index (χ4n) is 0.637. The normalized spacial score (nSPS) is 7.50. The fraction of sp³-hybridized carbons (Fsp3) is 0.429. The second-order valence-corrected chi connectivity index (χ2v) is 2.85. The molecule has 0 aromatic heterocycles. The molecule has 0 fully saturated rings. The van der Waals surface area contributed by atoms with Gasteiger partial charge in [-0.1, -0.05) is 62.2 Å². The van der Waals surface area contributed by atoms with Gasteiger partial charge < -0.3 is 0 Å². The predicted octanol–water partition coefficient (Wildman–Crippen LogP) is 4.91. The smallest absolute Gasteiger partial charge is 0.0382 e. The summed E-state index contributed by atoms with van der Waals surface area (Å²) in [5.41, 5.74) is 2.66. The van der Waals surface area contributed by atoms with E-state index in [1.54, 1.807) is 0 Å². The van der Waals surface area contributed by atoms with Crippen LogP contribution in [-0.4, -0.2) is 0 Å². The highest BCUT2D eigenvalue weighted by molar-refractivity contribution is 5.19. The van der Waals surface area contributed by atoms with Crippen LogP contribution in [0.1, 0.15) is 38.3 Å². The zero-order valence-corrected chi connectivity index (χ0v) is 10.3. The summed E-state index contributed by atoms with van der Waals surface area (Å²) >= 11 is 0. The quantitative estimate of drug-likeness (QED) is 0.554. The lowest BCUT2D eigenvalue weighted by Crippen LogP contribution is -1.70. The first-order valence-electron chi connectivity index (χ1n) is 5.34. The minimum Gasteiger partial charge on any atom is -0.103 e. The van der Waals surface area contributed by atoms with Crippen molar-refractivity contribution in [3.05, 3.63) is 48.0 Å². The van der Waals surface area contributed by atoms with E-state index in [-0.39, 0.29) is 0 Å². The molecule has 80 valence electrons. The number of allylic oxidation sites excluding steroid dienone is 1. The van der Waals surface area contributed by atoms with Gasteiger partial charge in [0.2, 0.25) is 0 Å². The number of rotatable bonds is 1. The van der Waals surface area contributed by atoms with Gasteiger partial charge in [-0.15, -0.1) is 6.58 Å². The Balaban J connectivity index is 0. The Morgan fingerprint density at radius 1 is 1.00 bits per heavy atom. The Hall–Kier alpha value is -1.04. The van der Waals surface area contributed by atoms with Gasteiger partial charge in [-0.3, -0.25) is 0 Å². The molecule has 0 aliphatic rings. The van der Waals surface area contributed by atoms with E-state index in [0.29, 0.717) is 0 Å². The molecule has 0 saturated carbocycles. The molecular weight excluding hydrogens is 168 g/mol. The molecule has 0 heterocycles. The lowest BCUT2D eigenvalue weighted by atomic mass is 10.2. The second kappa shape index (κ2) is 12.0. The minimum atomic E-state index is 1.08. The van der Waals surface area contributed by atoms with E-state index in [1.807, 2.05) is 19.9 Å². The van der Waals surface area contributed by atoms with Crippen LogP contribution in [0.15, 0.2) is 36.9 Å². The van der Waals surface area contributed by atoms with E-state index < -0.39 is 0 Å². The molecule has 0 nitrogen and oxygen atoms in total. The predicted molar refractivity (Wildman–Crippen MR) is 67.8 cm³/mol. The van der Waals surface area contributed by atoms with Crippen molar-refractivity contribution < 1.29 is 0 Å². The van der Waals surface area contributed by atoms with Gasteiger partial charge in [-0.2, -0.15) is 0 Å². The molecule has 0 atom stereocenters. The highest BCUT2D eigenvalue weighted by Crippen LogP contribution is 1.99. The molecule has 1 rings (SSSR count). The van der Waals surface area contributed by atoms with Gasteiger partial charge >= 0.3 is 0 Å². The van der Waals surface area contributed by atoms with Crippen molar-refractivity contribution in [3.8, 4) is 0 Å². The Morgan fingerprint density at radius 3 is 1.36 bits per heavy atom. The van der Waals surface area contributed by atoms with Gasteiger partial charge in [0.15, 0.2) is 0 Å². The van der Waals surface area contributed by atoms with Crippen LogP contribution in [0.2, 0.25) is 0 Å². The van der Waals surface area contributed by atoms with Crippen LogP contribution in [0, 0.1) is 13.8 Å². The van der Waals surface area contributed by atoms with E-state index in [4.69, 9.17) is 0 Å². The molecule has 0 N–H and O–H groups in total. The summed E-state index contributed by atoms with van der Waals surface area (Å²) < 4.78 is 0. The summed E-state index contributed by atoms with van der Waals surface area (Å²) in [4.78, 5) is 0. The third-order valence-corrected chi connectivity index (χ3v) is 1.51. The summed E-state index contributed by atoms with van der Waals surface area (Å²) in [5, 5.41) is 0. The molecule has 0 amide bonds. The maximum absolute atomic E-state index is 3.48. The van der Waals surface area contributed by atoms with Crippen LogP contribution in [-0.2, 0) is 0 Å². The Morgan fingerprint density at radius 2 is 1.21 bits per heavy atom. The molecule has 0 saturated heterocycles. The summed E-state index contributed by atoms with van der Waals surface area (Å²) in [5.74, 6) is 0. The molecule has 0 aliphatic carbocycles. The van der Waals surface area contributed by atoms with Crippen molar-refractivity contribution in [1.29, 1.82) is 0 Å². The molecule has 0 spiro atoms. The third-order valence-electron chi connectivity index (χ3n) is 1.51. The van der Waals surface area contributed by atoms with Crippen molar-refractivity contribution in [2.45, 2.75) is 41.0 Å². The van der Waals surface area contributed by atoms with Crippen LogP contribution in [0.25, 0.3) is 0 Å². The van der Waals surface area contributed by atoms with Crippen molar-refractivity contribution in [2.24, 2.45) is 0 Å². The number of benzene rings is 1. The van der Waals surface area contributed by atoms with Crippen LogP contribution in [0.4, 0.5) is 0 Å². The van der Waals surface area contributed by atoms with Crippen molar-refractivity contribution in [3.63, 3.8) is 0 Å². The maximum atomic E-state index is 3.48. The highest BCUT2D eigenvalue weighted by atomic mass is 13.9. The summed E-state index contributed by atoms with van der Waals surface area (Å²) in [6.45, 7) is 13.7. The highest BCUT2D eigenvalue weighted by Gasteiger charge is 1.79. The molecule has 0 radical (unpaired) electrons. The first-order chi connectivity index (χ1) is 6.70. The SMILES string of the molecule is C=CCC.CC.Cc1ccc(C)cc1. The molecule has 0 unspecified atom stereocenters. The Bertz CT molecular complexity index is 185.